The maximum atomic E-state index is 12.8. The van der Waals surface area contributed by atoms with Gasteiger partial charge in [0.15, 0.2) is 5.60 Å². The van der Waals surface area contributed by atoms with E-state index in [9.17, 15) is 24.6 Å². The van der Waals surface area contributed by atoms with Crippen molar-refractivity contribution in [3.05, 3.63) is 35.9 Å². The van der Waals surface area contributed by atoms with Crippen LogP contribution in [0.15, 0.2) is 30.4 Å². The molecule has 0 spiro atoms. The maximum Gasteiger partial charge on any atom is 0.261 e. The summed E-state index contributed by atoms with van der Waals surface area (Å²) < 4.78 is 0. The molecule has 4 rings (SSSR count). The Morgan fingerprint density at radius 1 is 1.28 bits per heavy atom. The molecule has 8 heteroatoms. The summed E-state index contributed by atoms with van der Waals surface area (Å²) in [5, 5.41) is 23.6. The van der Waals surface area contributed by atoms with E-state index in [4.69, 9.17) is 0 Å². The summed E-state index contributed by atoms with van der Waals surface area (Å²) in [5.74, 6) is -1.13. The number of benzene rings is 1. The van der Waals surface area contributed by atoms with Crippen molar-refractivity contribution in [2.75, 3.05) is 29.9 Å². The van der Waals surface area contributed by atoms with Crippen LogP contribution in [0.1, 0.15) is 51.0 Å². The number of hydrogen-bond donors (Lipinski definition) is 3. The van der Waals surface area contributed by atoms with Gasteiger partial charge in [0.05, 0.1) is 12.6 Å². The minimum Gasteiger partial charge on any atom is -0.394 e. The molecule has 0 radical (unpaired) electrons. The number of aliphatic hydroxyl groups is 2. The van der Waals surface area contributed by atoms with Crippen LogP contribution >= 0.6 is 0 Å². The van der Waals surface area contributed by atoms with E-state index in [1.54, 1.807) is 47.1 Å². The Morgan fingerprint density at radius 2 is 2.09 bits per heavy atom. The van der Waals surface area contributed by atoms with Gasteiger partial charge < -0.3 is 25.3 Å². The number of carbonyl (C=O) groups excluding carboxylic acids is 3. The second kappa shape index (κ2) is 9.03. The molecule has 1 aromatic carbocycles. The molecule has 3 heterocycles. The van der Waals surface area contributed by atoms with Crippen LogP contribution in [0.5, 0.6) is 0 Å². The number of nitrogens with zero attached hydrogens (tertiary/aromatic N) is 2. The van der Waals surface area contributed by atoms with Crippen LogP contribution in [0.25, 0.3) is 0 Å². The van der Waals surface area contributed by atoms with E-state index in [2.05, 4.69) is 5.32 Å². The molecule has 2 saturated heterocycles. The Balaban J connectivity index is 1.51. The van der Waals surface area contributed by atoms with Crippen molar-refractivity contribution in [1.29, 1.82) is 0 Å². The molecule has 0 aliphatic carbocycles. The summed E-state index contributed by atoms with van der Waals surface area (Å²) in [6.07, 6.45) is 7.51. The van der Waals surface area contributed by atoms with Gasteiger partial charge in [-0.2, -0.15) is 0 Å². The molecule has 1 aromatic rings. The van der Waals surface area contributed by atoms with Gasteiger partial charge in [0.25, 0.3) is 5.91 Å². The van der Waals surface area contributed by atoms with Gasteiger partial charge in [0, 0.05) is 48.8 Å². The maximum absolute atomic E-state index is 12.8. The van der Waals surface area contributed by atoms with Gasteiger partial charge in [-0.1, -0.05) is 19.1 Å². The number of fused-ring (bicyclic) bond motifs is 1. The fraction of sp³-hybridized carbons (Fsp3) is 0.542. The molecule has 3 aliphatic heterocycles. The number of carbonyl (C=O) groups is 3. The van der Waals surface area contributed by atoms with E-state index in [0.717, 1.165) is 25.7 Å². The summed E-state index contributed by atoms with van der Waals surface area (Å²) in [5.41, 5.74) is -0.129. The number of rotatable bonds is 6. The first kappa shape index (κ1) is 22.5. The van der Waals surface area contributed by atoms with Gasteiger partial charge in [-0.25, -0.2) is 0 Å². The number of aliphatic hydroxyl groups excluding tert-OH is 1. The third-order valence-corrected chi connectivity index (χ3v) is 6.93. The van der Waals surface area contributed by atoms with E-state index in [1.807, 2.05) is 0 Å². The molecule has 0 saturated carbocycles. The summed E-state index contributed by atoms with van der Waals surface area (Å²) in [6, 6.07) is 5.12. The van der Waals surface area contributed by atoms with Crippen LogP contribution in [0.4, 0.5) is 11.4 Å². The Kier molecular flexibility index (Phi) is 6.35. The number of nitrogens with one attached hydrogen (secondary N) is 1. The first-order valence-electron chi connectivity index (χ1n) is 11.4. The summed E-state index contributed by atoms with van der Waals surface area (Å²) in [6.45, 7) is 2.97. The first-order valence-corrected chi connectivity index (χ1v) is 11.4. The van der Waals surface area contributed by atoms with Gasteiger partial charge in [-0.05, 0) is 43.9 Å². The number of hydrogen-bond acceptors (Lipinski definition) is 5. The zero-order valence-electron chi connectivity index (χ0n) is 18.4. The van der Waals surface area contributed by atoms with Crippen molar-refractivity contribution in [2.24, 2.45) is 5.92 Å². The third-order valence-electron chi connectivity index (χ3n) is 6.93. The molecule has 172 valence electrons. The van der Waals surface area contributed by atoms with Crippen LogP contribution in [0.3, 0.4) is 0 Å². The molecule has 2 fully saturated rings. The molecule has 0 unspecified atom stereocenters. The molecular formula is C24H31N3O5. The zero-order valence-corrected chi connectivity index (χ0v) is 18.4. The van der Waals surface area contributed by atoms with E-state index in [-0.39, 0.29) is 30.9 Å². The minimum absolute atomic E-state index is 0.0373. The van der Waals surface area contributed by atoms with Gasteiger partial charge >= 0.3 is 0 Å². The summed E-state index contributed by atoms with van der Waals surface area (Å²) in [4.78, 5) is 41.0. The largest absolute Gasteiger partial charge is 0.394 e. The molecule has 3 amide bonds. The Hall–Kier alpha value is -2.71. The van der Waals surface area contributed by atoms with Gasteiger partial charge in [0.2, 0.25) is 11.8 Å². The second-order valence-electron chi connectivity index (χ2n) is 8.94. The van der Waals surface area contributed by atoms with E-state index in [1.165, 1.54) is 0 Å². The summed E-state index contributed by atoms with van der Waals surface area (Å²) >= 11 is 0. The Morgan fingerprint density at radius 3 is 2.84 bits per heavy atom. The zero-order chi connectivity index (χ0) is 22.9. The highest BCUT2D eigenvalue weighted by molar-refractivity contribution is 6.06. The molecule has 3 N–H and O–H groups in total. The van der Waals surface area contributed by atoms with Crippen molar-refractivity contribution < 1.29 is 24.6 Å². The van der Waals surface area contributed by atoms with Crippen LogP contribution < -0.4 is 10.2 Å². The fourth-order valence-electron chi connectivity index (χ4n) is 4.98. The second-order valence-corrected chi connectivity index (χ2v) is 8.94. The minimum atomic E-state index is -1.79. The lowest BCUT2D eigenvalue weighted by Gasteiger charge is -2.29. The molecular weight excluding hydrogens is 410 g/mol. The van der Waals surface area contributed by atoms with E-state index >= 15 is 0 Å². The van der Waals surface area contributed by atoms with E-state index < -0.39 is 17.4 Å². The Labute approximate surface area is 187 Å². The van der Waals surface area contributed by atoms with Crippen molar-refractivity contribution in [2.45, 2.75) is 57.1 Å². The average molecular weight is 442 g/mol. The smallest absolute Gasteiger partial charge is 0.261 e. The lowest BCUT2D eigenvalue weighted by molar-refractivity contribution is -0.137. The fourth-order valence-corrected chi connectivity index (χ4v) is 4.98. The predicted octanol–water partition coefficient (Wildman–Crippen LogP) is 1.91. The van der Waals surface area contributed by atoms with Crippen molar-refractivity contribution in [3.63, 3.8) is 0 Å². The number of anilines is 2. The highest BCUT2D eigenvalue weighted by Gasteiger charge is 2.49. The predicted molar refractivity (Wildman–Crippen MR) is 120 cm³/mol. The van der Waals surface area contributed by atoms with Crippen molar-refractivity contribution in [1.82, 2.24) is 4.90 Å². The number of amides is 3. The SMILES string of the molecule is C[C@@H](/C=C/CC(=O)N1CCC[C@H]1CO)[C@]1(O)C(=O)Nc2ccc(N3CCCCC3=O)cc21. The lowest BCUT2D eigenvalue weighted by atomic mass is 9.82. The molecule has 3 atom stereocenters. The molecule has 8 nitrogen and oxygen atoms in total. The summed E-state index contributed by atoms with van der Waals surface area (Å²) in [7, 11) is 0. The molecule has 3 aliphatic rings. The molecule has 0 aromatic heterocycles. The standard InChI is InChI=1S/C24H31N3O5/c1-16(6-4-9-22(30)27-13-5-7-18(27)15-28)24(32)19-14-17(10-11-20(19)25-23(24)31)26-12-3-2-8-21(26)29/h4,6,10-11,14,16,18,28,32H,2-3,5,7-9,12-13,15H2,1H3,(H,25,31)/b6-4+/t16-,18-,24+/m0/s1. The van der Waals surface area contributed by atoms with Crippen LogP contribution in [-0.2, 0) is 20.0 Å². The van der Waals surface area contributed by atoms with Crippen LogP contribution in [0, 0.1) is 5.92 Å². The topological polar surface area (TPSA) is 110 Å². The number of likely N-dealkylation sites (tertiary alicyclic amines) is 1. The van der Waals surface area contributed by atoms with Gasteiger partial charge in [-0.3, -0.25) is 14.4 Å². The third kappa shape index (κ3) is 3.93. The van der Waals surface area contributed by atoms with Gasteiger partial charge in [0.1, 0.15) is 0 Å². The van der Waals surface area contributed by atoms with E-state index in [0.29, 0.717) is 36.4 Å². The van der Waals surface area contributed by atoms with Crippen molar-refractivity contribution >= 4 is 29.1 Å². The lowest BCUT2D eigenvalue weighted by Crippen LogP contribution is -2.40. The van der Waals surface area contributed by atoms with Crippen LogP contribution in [0.2, 0.25) is 0 Å². The average Bonchev–Trinajstić information content (AvgIpc) is 3.37. The monoisotopic (exact) mass is 441 g/mol. The quantitative estimate of drug-likeness (QED) is 0.584. The first-order chi connectivity index (χ1) is 15.4. The highest BCUT2D eigenvalue weighted by Crippen LogP contribution is 2.43. The van der Waals surface area contributed by atoms with Gasteiger partial charge in [-0.15, -0.1) is 0 Å². The normalized spacial score (nSPS) is 26.5. The van der Waals surface area contributed by atoms with Crippen molar-refractivity contribution in [3.8, 4) is 0 Å². The number of piperidine rings is 1. The Bertz CT molecular complexity index is 946. The molecule has 0 bridgehead atoms. The molecule has 32 heavy (non-hydrogen) atoms. The van der Waals surface area contributed by atoms with Crippen LogP contribution in [-0.4, -0.2) is 58.6 Å². The highest BCUT2D eigenvalue weighted by atomic mass is 16.3.